The van der Waals surface area contributed by atoms with Gasteiger partial charge in [0.25, 0.3) is 5.91 Å². The summed E-state index contributed by atoms with van der Waals surface area (Å²) in [4.78, 5) is 14.0. The van der Waals surface area contributed by atoms with Crippen molar-refractivity contribution in [2.45, 2.75) is 65.0 Å². The van der Waals surface area contributed by atoms with Gasteiger partial charge in [0.2, 0.25) is 0 Å². The third-order valence-electron chi connectivity index (χ3n) is 5.20. The van der Waals surface area contributed by atoms with Crippen molar-refractivity contribution >= 4 is 22.2 Å². The number of fused-ring (bicyclic) bond motifs is 1. The van der Waals surface area contributed by atoms with Gasteiger partial charge in [-0.2, -0.15) is 5.26 Å². The fourth-order valence-corrected chi connectivity index (χ4v) is 5.36. The van der Waals surface area contributed by atoms with E-state index in [2.05, 4.69) is 51.3 Å². The smallest absolute Gasteiger partial charge is 0.256 e. The van der Waals surface area contributed by atoms with Crippen LogP contribution in [0.5, 0.6) is 5.75 Å². The number of hydrogen-bond acceptors (Lipinski definition) is 4. The molecule has 0 fully saturated rings. The maximum Gasteiger partial charge on any atom is 0.256 e. The van der Waals surface area contributed by atoms with Crippen molar-refractivity contribution in [3.05, 3.63) is 45.8 Å². The Labute approximate surface area is 177 Å². The number of quaternary nitrogens is 1. The summed E-state index contributed by atoms with van der Waals surface area (Å²) in [5.41, 5.74) is 2.11. The fourth-order valence-electron chi connectivity index (χ4n) is 4.12. The van der Waals surface area contributed by atoms with Gasteiger partial charge in [0.1, 0.15) is 22.4 Å². The van der Waals surface area contributed by atoms with Crippen LogP contribution in [0.3, 0.4) is 0 Å². The van der Waals surface area contributed by atoms with Gasteiger partial charge in [0.05, 0.1) is 22.6 Å². The van der Waals surface area contributed by atoms with Gasteiger partial charge in [-0.25, -0.2) is 0 Å². The molecule has 2 heterocycles. The van der Waals surface area contributed by atoms with E-state index in [-0.39, 0.29) is 17.0 Å². The lowest BCUT2D eigenvalue weighted by atomic mass is 9.81. The first-order valence-electron chi connectivity index (χ1n) is 10.1. The van der Waals surface area contributed by atoms with E-state index in [4.69, 9.17) is 4.74 Å². The predicted octanol–water partition coefficient (Wildman–Crippen LogP) is 4.18. The minimum atomic E-state index is -0.207. The van der Waals surface area contributed by atoms with E-state index in [9.17, 15) is 10.1 Å². The number of benzene rings is 1. The first-order chi connectivity index (χ1) is 13.7. The molecule has 1 aromatic carbocycles. The number of carbonyl (C=O) groups excluding carboxylic acids is 1. The molecule has 0 radical (unpaired) electrons. The zero-order valence-electron chi connectivity index (χ0n) is 17.9. The minimum absolute atomic E-state index is 0.0120. The summed E-state index contributed by atoms with van der Waals surface area (Å²) in [6.45, 7) is 11.5. The van der Waals surface area contributed by atoms with Crippen molar-refractivity contribution in [1.29, 1.82) is 5.26 Å². The molecule has 154 valence electrons. The molecule has 6 heteroatoms. The number of anilines is 1. The Morgan fingerprint density at radius 1 is 1.28 bits per heavy atom. The van der Waals surface area contributed by atoms with E-state index in [0.29, 0.717) is 22.7 Å². The molecule has 0 saturated heterocycles. The van der Waals surface area contributed by atoms with E-state index in [1.165, 1.54) is 16.2 Å². The Morgan fingerprint density at radius 2 is 1.97 bits per heavy atom. The van der Waals surface area contributed by atoms with Crippen LogP contribution in [0.25, 0.3) is 0 Å². The van der Waals surface area contributed by atoms with Crippen molar-refractivity contribution in [3.8, 4) is 11.8 Å². The van der Waals surface area contributed by atoms with Crippen molar-refractivity contribution in [1.82, 2.24) is 0 Å². The number of ether oxygens (including phenoxy) is 1. The van der Waals surface area contributed by atoms with Crippen LogP contribution < -0.4 is 15.4 Å². The molecule has 1 amide bonds. The van der Waals surface area contributed by atoms with Crippen LogP contribution in [0.4, 0.5) is 5.00 Å². The first kappa shape index (κ1) is 21.4. The van der Waals surface area contributed by atoms with Crippen molar-refractivity contribution in [3.63, 3.8) is 0 Å². The highest BCUT2D eigenvalue weighted by Gasteiger charge is 2.44. The van der Waals surface area contributed by atoms with Crippen LogP contribution in [0.15, 0.2) is 24.3 Å². The van der Waals surface area contributed by atoms with Gasteiger partial charge < -0.3 is 15.4 Å². The number of rotatable bonds is 6. The summed E-state index contributed by atoms with van der Waals surface area (Å²) in [7, 11) is 0. The molecule has 3 rings (SSSR count). The van der Waals surface area contributed by atoms with Crippen molar-refractivity contribution in [2.75, 3.05) is 11.9 Å². The normalized spacial score (nSPS) is 16.6. The summed E-state index contributed by atoms with van der Waals surface area (Å²) in [5.74, 6) is 0.556. The lowest BCUT2D eigenvalue weighted by Crippen LogP contribution is -3.03. The quantitative estimate of drug-likeness (QED) is 0.699. The molecule has 0 spiro atoms. The molecule has 1 aliphatic heterocycles. The average molecular weight is 413 g/mol. The van der Waals surface area contributed by atoms with Crippen LogP contribution >= 0.6 is 11.3 Å². The largest absolute Gasteiger partial charge is 0.494 e. The standard InChI is InChI=1S/C23H29N3O2S/c1-6-7-12-28-16-10-8-15(9-11-16)20(27)25-21-18(14-24)17-13-22(2,3)26-23(4,5)19(17)29-21/h8-11,26H,6-7,12-13H2,1-5H3,(H,25,27)/p+1. The van der Waals surface area contributed by atoms with E-state index in [0.717, 1.165) is 30.6 Å². The Kier molecular flexibility index (Phi) is 6.02. The fraction of sp³-hybridized carbons (Fsp3) is 0.478. The molecule has 0 bridgehead atoms. The van der Waals surface area contributed by atoms with Crippen molar-refractivity contribution < 1.29 is 14.8 Å². The predicted molar refractivity (Wildman–Crippen MR) is 117 cm³/mol. The number of unbranched alkanes of at least 4 members (excludes halogenated alkanes) is 1. The van der Waals surface area contributed by atoms with Crippen LogP contribution in [-0.4, -0.2) is 18.1 Å². The van der Waals surface area contributed by atoms with Crippen LogP contribution in [0.1, 0.15) is 73.8 Å². The first-order valence-corrected chi connectivity index (χ1v) is 11.0. The summed E-state index contributed by atoms with van der Waals surface area (Å²) in [6, 6.07) is 9.49. The Hall–Kier alpha value is -2.36. The van der Waals surface area contributed by atoms with Gasteiger partial charge in [-0.3, -0.25) is 4.79 Å². The minimum Gasteiger partial charge on any atom is -0.494 e. The molecule has 0 aliphatic carbocycles. The molecule has 1 aliphatic rings. The molecule has 0 unspecified atom stereocenters. The number of nitrogens with one attached hydrogen (secondary N) is 1. The molecular formula is C23H30N3O2S+. The Bertz CT molecular complexity index is 936. The number of amides is 1. The number of carbonyl (C=O) groups is 1. The van der Waals surface area contributed by atoms with Gasteiger partial charge >= 0.3 is 0 Å². The van der Waals surface area contributed by atoms with Gasteiger partial charge in [0, 0.05) is 12.0 Å². The van der Waals surface area contributed by atoms with Crippen LogP contribution in [0.2, 0.25) is 0 Å². The highest BCUT2D eigenvalue weighted by Crippen LogP contribution is 2.41. The lowest BCUT2D eigenvalue weighted by molar-refractivity contribution is -0.789. The van der Waals surface area contributed by atoms with E-state index >= 15 is 0 Å². The molecule has 29 heavy (non-hydrogen) atoms. The summed E-state index contributed by atoms with van der Waals surface area (Å²) in [6.07, 6.45) is 2.90. The summed E-state index contributed by atoms with van der Waals surface area (Å²) < 4.78 is 5.66. The number of hydrogen-bond donors (Lipinski definition) is 2. The third-order valence-corrected chi connectivity index (χ3v) is 6.69. The third kappa shape index (κ3) is 4.63. The highest BCUT2D eigenvalue weighted by atomic mass is 32.1. The molecule has 0 saturated carbocycles. The average Bonchev–Trinajstić information content (AvgIpc) is 2.98. The molecular weight excluding hydrogens is 382 g/mol. The SMILES string of the molecule is CCCCOc1ccc(C(=O)Nc2sc3c(c2C#N)CC(C)(C)[NH2+]C3(C)C)cc1. The zero-order valence-corrected chi connectivity index (χ0v) is 18.7. The van der Waals surface area contributed by atoms with E-state index < -0.39 is 0 Å². The topological polar surface area (TPSA) is 78.7 Å². The highest BCUT2D eigenvalue weighted by molar-refractivity contribution is 7.16. The van der Waals surface area contributed by atoms with E-state index in [1.807, 2.05) is 12.1 Å². The lowest BCUT2D eigenvalue weighted by Gasteiger charge is -2.38. The van der Waals surface area contributed by atoms with Crippen LogP contribution in [-0.2, 0) is 12.0 Å². The second kappa shape index (κ2) is 8.17. The number of nitrogens with zero attached hydrogens (tertiary/aromatic N) is 1. The molecule has 5 nitrogen and oxygen atoms in total. The number of thiophene rings is 1. The second-order valence-corrected chi connectivity index (χ2v) is 9.96. The van der Waals surface area contributed by atoms with Gasteiger partial charge in [0.15, 0.2) is 0 Å². The van der Waals surface area contributed by atoms with Crippen LogP contribution in [0, 0.1) is 11.3 Å². The molecule has 3 N–H and O–H groups in total. The Morgan fingerprint density at radius 3 is 2.59 bits per heavy atom. The maximum atomic E-state index is 12.8. The second-order valence-electron chi connectivity index (χ2n) is 8.94. The summed E-state index contributed by atoms with van der Waals surface area (Å²) in [5, 5.41) is 15.8. The monoisotopic (exact) mass is 412 g/mol. The molecule has 0 atom stereocenters. The number of nitriles is 1. The van der Waals surface area contributed by atoms with Gasteiger partial charge in [-0.15, -0.1) is 11.3 Å². The maximum absolute atomic E-state index is 12.8. The Balaban J connectivity index is 1.81. The summed E-state index contributed by atoms with van der Waals surface area (Å²) >= 11 is 1.52. The molecule has 1 aromatic heterocycles. The van der Waals surface area contributed by atoms with Gasteiger partial charge in [-0.05, 0) is 63.9 Å². The number of nitrogens with two attached hydrogens (primary N) is 1. The van der Waals surface area contributed by atoms with Gasteiger partial charge in [-0.1, -0.05) is 13.3 Å². The molecule has 2 aromatic rings. The van der Waals surface area contributed by atoms with E-state index in [1.54, 1.807) is 12.1 Å². The van der Waals surface area contributed by atoms with Crippen molar-refractivity contribution in [2.24, 2.45) is 0 Å². The zero-order chi connectivity index (χ0) is 21.2.